The van der Waals surface area contributed by atoms with E-state index in [1.807, 2.05) is 0 Å². The highest BCUT2D eigenvalue weighted by molar-refractivity contribution is 5.92. The summed E-state index contributed by atoms with van der Waals surface area (Å²) in [6.45, 7) is 10.1. The molecule has 3 heterocycles. The van der Waals surface area contributed by atoms with E-state index < -0.39 is 48.9 Å². The van der Waals surface area contributed by atoms with Gasteiger partial charge in [-0.2, -0.15) is 0 Å². The van der Waals surface area contributed by atoms with Gasteiger partial charge in [-0.15, -0.1) is 0 Å². The summed E-state index contributed by atoms with van der Waals surface area (Å²) in [5.41, 5.74) is 2.49. The van der Waals surface area contributed by atoms with E-state index in [4.69, 9.17) is 28.4 Å². The molecular formula is C44H63NO10. The Kier molecular flexibility index (Phi) is 10.7. The number of allylic oxidation sites excluding steroid dienone is 1. The van der Waals surface area contributed by atoms with Crippen molar-refractivity contribution in [2.75, 3.05) is 27.4 Å². The normalized spacial score (nSPS) is 46.3. The van der Waals surface area contributed by atoms with Gasteiger partial charge in [0.15, 0.2) is 23.6 Å². The first-order valence-corrected chi connectivity index (χ1v) is 20.8. The standard InChI is InChI=1S/C44H63NO10/c1-24-13-18-44(52-23-24)25(2)37-34(55-44)21-31-29-10-9-27-20-28(14-16-42(27,3)30(29)15-17-43(31,37)4)53-41-38(40(49)39(48)35(22-46)54-41)45-36(47)12-8-26-7-11-32(50-5)33(19-26)51-6/h7-9,11-12,19,24-25,28-31,34-35,37-41,46,48-49H,10,13-18,20-23H2,1-6H3,(H,45,47)/b12-8+/t24-,25+,28+,29-,30+,31+,34+,35-,37+,38-,39-,40-,41-,42+,43+,44-/m1/s1. The van der Waals surface area contributed by atoms with Gasteiger partial charge in [0.2, 0.25) is 5.91 Å². The molecule has 4 aliphatic carbocycles. The molecular weight excluding hydrogens is 702 g/mol. The van der Waals surface area contributed by atoms with Crippen LogP contribution < -0.4 is 14.8 Å². The minimum Gasteiger partial charge on any atom is -0.493 e. The van der Waals surface area contributed by atoms with Crippen molar-refractivity contribution in [1.29, 1.82) is 0 Å². The lowest BCUT2D eigenvalue weighted by molar-refractivity contribution is -0.284. The van der Waals surface area contributed by atoms with Crippen molar-refractivity contribution in [3.63, 3.8) is 0 Å². The Morgan fingerprint density at radius 2 is 1.82 bits per heavy atom. The Labute approximate surface area is 326 Å². The molecule has 0 aromatic heterocycles. The maximum atomic E-state index is 13.2. The van der Waals surface area contributed by atoms with E-state index in [2.05, 4.69) is 39.1 Å². The van der Waals surface area contributed by atoms with Gasteiger partial charge < -0.3 is 49.1 Å². The Hall–Kier alpha value is -2.51. The van der Waals surface area contributed by atoms with E-state index in [0.717, 1.165) is 45.1 Å². The molecule has 1 aromatic rings. The number of hydrogen-bond acceptors (Lipinski definition) is 10. The third-order valence-corrected chi connectivity index (χ3v) is 15.7. The minimum atomic E-state index is -1.41. The van der Waals surface area contributed by atoms with Crippen molar-refractivity contribution in [2.45, 2.75) is 134 Å². The van der Waals surface area contributed by atoms with Crippen LogP contribution in [0.1, 0.15) is 91.0 Å². The van der Waals surface area contributed by atoms with Gasteiger partial charge in [0.05, 0.1) is 39.6 Å². The quantitative estimate of drug-likeness (QED) is 0.201. The van der Waals surface area contributed by atoms with E-state index >= 15 is 0 Å². The molecule has 6 fully saturated rings. The summed E-state index contributed by atoms with van der Waals surface area (Å²) in [5, 5.41) is 34.8. The highest BCUT2D eigenvalue weighted by atomic mass is 16.7. The summed E-state index contributed by atoms with van der Waals surface area (Å²) in [6.07, 6.45) is 10.0. The fourth-order valence-electron chi connectivity index (χ4n) is 12.6. The summed E-state index contributed by atoms with van der Waals surface area (Å²) < 4.78 is 36.9. The molecule has 11 heteroatoms. The number of fused-ring (bicyclic) bond motifs is 7. The van der Waals surface area contributed by atoms with E-state index in [9.17, 15) is 20.1 Å². The Morgan fingerprint density at radius 1 is 1.02 bits per heavy atom. The molecule has 1 aromatic carbocycles. The maximum Gasteiger partial charge on any atom is 0.244 e. The Morgan fingerprint density at radius 3 is 2.55 bits per heavy atom. The number of hydrogen-bond donors (Lipinski definition) is 4. The lowest BCUT2D eigenvalue weighted by atomic mass is 9.47. The Bertz CT molecular complexity index is 1640. The summed E-state index contributed by atoms with van der Waals surface area (Å²) in [7, 11) is 3.10. The van der Waals surface area contributed by atoms with E-state index in [1.54, 1.807) is 38.5 Å². The molecule has 8 rings (SSSR count). The number of aliphatic hydroxyl groups is 3. The highest BCUT2D eigenvalue weighted by Gasteiger charge is 2.68. The molecule has 304 valence electrons. The van der Waals surface area contributed by atoms with E-state index in [1.165, 1.54) is 30.9 Å². The first-order valence-electron chi connectivity index (χ1n) is 20.8. The zero-order chi connectivity index (χ0) is 38.9. The fourth-order valence-corrected chi connectivity index (χ4v) is 12.6. The lowest BCUT2D eigenvalue weighted by Gasteiger charge is -2.58. The van der Waals surface area contributed by atoms with Gasteiger partial charge in [0.25, 0.3) is 0 Å². The van der Waals surface area contributed by atoms with Crippen LogP contribution in [0.2, 0.25) is 0 Å². The zero-order valence-electron chi connectivity index (χ0n) is 33.4. The van der Waals surface area contributed by atoms with Crippen LogP contribution >= 0.6 is 0 Å². The molecule has 0 unspecified atom stereocenters. The fraction of sp³-hybridized carbons (Fsp3) is 0.750. The molecule has 3 saturated carbocycles. The topological polar surface area (TPSA) is 145 Å². The van der Waals surface area contributed by atoms with Crippen molar-refractivity contribution in [2.24, 2.45) is 46.3 Å². The van der Waals surface area contributed by atoms with E-state index in [0.29, 0.717) is 52.6 Å². The van der Waals surface area contributed by atoms with Crippen molar-refractivity contribution in [3.8, 4) is 11.5 Å². The van der Waals surface area contributed by atoms with Gasteiger partial charge in [-0.1, -0.05) is 45.4 Å². The molecule has 0 bridgehead atoms. The number of benzene rings is 1. The van der Waals surface area contributed by atoms with Crippen molar-refractivity contribution in [1.82, 2.24) is 5.32 Å². The Balaban J connectivity index is 0.943. The summed E-state index contributed by atoms with van der Waals surface area (Å²) in [4.78, 5) is 13.2. The number of nitrogens with one attached hydrogen (secondary N) is 1. The minimum absolute atomic E-state index is 0.0808. The number of rotatable bonds is 8. The van der Waals surface area contributed by atoms with Gasteiger partial charge in [0, 0.05) is 18.4 Å². The summed E-state index contributed by atoms with van der Waals surface area (Å²) in [6, 6.07) is 4.25. The van der Waals surface area contributed by atoms with E-state index in [-0.39, 0.29) is 23.0 Å². The molecule has 3 aliphatic heterocycles. The number of amides is 1. The molecule has 1 spiro atoms. The van der Waals surface area contributed by atoms with Gasteiger partial charge >= 0.3 is 0 Å². The summed E-state index contributed by atoms with van der Waals surface area (Å²) in [5.74, 6) is 3.64. The highest BCUT2D eigenvalue weighted by Crippen LogP contribution is 2.70. The van der Waals surface area contributed by atoms with Gasteiger partial charge in [-0.25, -0.2) is 0 Å². The van der Waals surface area contributed by atoms with Crippen LogP contribution in [0.3, 0.4) is 0 Å². The first-order chi connectivity index (χ1) is 26.3. The first kappa shape index (κ1) is 39.3. The number of carbonyl (C=O) groups excluding carboxylic acids is 1. The molecule has 55 heavy (non-hydrogen) atoms. The number of carbonyl (C=O) groups is 1. The third-order valence-electron chi connectivity index (χ3n) is 15.7. The molecule has 0 radical (unpaired) electrons. The van der Waals surface area contributed by atoms with Crippen molar-refractivity contribution >= 4 is 12.0 Å². The molecule has 3 saturated heterocycles. The molecule has 1 amide bonds. The average molecular weight is 766 g/mol. The molecule has 11 nitrogen and oxygen atoms in total. The second-order valence-electron chi connectivity index (χ2n) is 18.5. The zero-order valence-corrected chi connectivity index (χ0v) is 33.4. The van der Waals surface area contributed by atoms with Crippen LogP contribution in [0, 0.1) is 46.3 Å². The van der Waals surface area contributed by atoms with Crippen molar-refractivity contribution in [3.05, 3.63) is 41.5 Å². The number of aliphatic hydroxyl groups excluding tert-OH is 3. The van der Waals surface area contributed by atoms with Crippen LogP contribution in [0.25, 0.3) is 6.08 Å². The predicted octanol–water partition coefficient (Wildman–Crippen LogP) is 5.39. The number of methoxy groups -OCH3 is 2. The van der Waals surface area contributed by atoms with Crippen LogP contribution in [0.4, 0.5) is 0 Å². The van der Waals surface area contributed by atoms with Crippen molar-refractivity contribution < 1.29 is 48.5 Å². The lowest BCUT2D eigenvalue weighted by Crippen LogP contribution is -2.65. The van der Waals surface area contributed by atoms with Gasteiger partial charge in [-0.05, 0) is 116 Å². The monoisotopic (exact) mass is 765 g/mol. The van der Waals surface area contributed by atoms with Crippen LogP contribution in [0.15, 0.2) is 35.9 Å². The second-order valence-corrected chi connectivity index (χ2v) is 18.5. The maximum absolute atomic E-state index is 13.2. The molecule has 4 N–H and O–H groups in total. The molecule has 16 atom stereocenters. The van der Waals surface area contributed by atoms with Crippen LogP contribution in [-0.2, 0) is 23.7 Å². The molecule has 7 aliphatic rings. The van der Waals surface area contributed by atoms with Crippen LogP contribution in [0.5, 0.6) is 11.5 Å². The van der Waals surface area contributed by atoms with Gasteiger partial charge in [0.1, 0.15) is 24.4 Å². The van der Waals surface area contributed by atoms with Gasteiger partial charge in [-0.3, -0.25) is 4.79 Å². The SMILES string of the molecule is COc1ccc(/C=C/C(=O)N[C@H]2[C@H](O[C@H]3CC[C@@]4(C)C(=CC[C@H]5[C@@H]6C[C@@H]7O[C@]8(CC[C@@H](C)CO8)[C@@H](C)[C@@H]7[C@@]6(C)CC[C@@H]54)C3)O[C@H](CO)[C@@H](O)[C@@H]2O)cc1OC. The predicted molar refractivity (Wildman–Crippen MR) is 205 cm³/mol. The third kappa shape index (κ3) is 6.67. The second kappa shape index (κ2) is 15.0. The number of ether oxygens (including phenoxy) is 6. The summed E-state index contributed by atoms with van der Waals surface area (Å²) >= 11 is 0. The smallest absolute Gasteiger partial charge is 0.244 e. The largest absolute Gasteiger partial charge is 0.493 e. The average Bonchev–Trinajstić information content (AvgIpc) is 3.63. The van der Waals surface area contributed by atoms with Crippen LogP contribution in [-0.4, -0.2) is 97.3 Å².